The van der Waals surface area contributed by atoms with E-state index in [9.17, 15) is 4.79 Å². The number of rotatable bonds is 2. The molecule has 4 rings (SSSR count). The van der Waals surface area contributed by atoms with Gasteiger partial charge in [0.25, 0.3) is 5.91 Å². The number of fused-ring (bicyclic) bond motifs is 3. The Morgan fingerprint density at radius 3 is 2.78 bits per heavy atom. The molecule has 120 valence electrons. The largest absolute Gasteiger partial charge is 0.497 e. The summed E-state index contributed by atoms with van der Waals surface area (Å²) in [5.74, 6) is 0.841. The number of nitrogens with zero attached hydrogens (tertiary/aromatic N) is 1. The zero-order valence-electron chi connectivity index (χ0n) is 13.2. The number of carbonyl (C=O) groups excluding carboxylic acids is 1. The minimum atomic E-state index is -0.196. The number of ether oxygens (including phenoxy) is 1. The lowest BCUT2D eigenvalue weighted by Gasteiger charge is -2.27. The standard InChI is InChI=1S/C17H19N3O2S/c1-20-8-7-12-13(9-20)23-17-14(12)16(21)18-15(19-17)10-3-5-11(22-2)6-4-10/h3-6,15,19H,7-9H2,1-2H3,(H,18,21)/t15-/m1/s1. The van der Waals surface area contributed by atoms with Crippen molar-refractivity contribution in [1.29, 1.82) is 0 Å². The molecule has 1 aromatic carbocycles. The van der Waals surface area contributed by atoms with E-state index in [0.717, 1.165) is 41.4 Å². The molecule has 5 nitrogen and oxygen atoms in total. The normalized spacial score (nSPS) is 20.3. The first kappa shape index (κ1) is 14.5. The third kappa shape index (κ3) is 2.48. The molecule has 0 saturated carbocycles. The molecule has 0 fully saturated rings. The predicted octanol–water partition coefficient (Wildman–Crippen LogP) is 2.60. The van der Waals surface area contributed by atoms with E-state index < -0.39 is 0 Å². The van der Waals surface area contributed by atoms with Gasteiger partial charge in [0, 0.05) is 18.0 Å². The summed E-state index contributed by atoms with van der Waals surface area (Å²) in [4.78, 5) is 16.2. The number of likely N-dealkylation sites (N-methyl/N-ethyl adjacent to an activating group) is 1. The number of carbonyl (C=O) groups is 1. The highest BCUT2D eigenvalue weighted by Crippen LogP contribution is 2.40. The van der Waals surface area contributed by atoms with Crippen molar-refractivity contribution in [3.63, 3.8) is 0 Å². The fraction of sp³-hybridized carbons (Fsp3) is 0.353. The van der Waals surface area contributed by atoms with Crippen LogP contribution >= 0.6 is 11.3 Å². The Kier molecular flexibility index (Phi) is 3.50. The van der Waals surface area contributed by atoms with Crippen LogP contribution in [0.5, 0.6) is 5.75 Å². The molecule has 0 saturated heterocycles. The Labute approximate surface area is 139 Å². The molecule has 0 unspecified atom stereocenters. The van der Waals surface area contributed by atoms with Gasteiger partial charge in [-0.15, -0.1) is 11.3 Å². The monoisotopic (exact) mass is 329 g/mol. The van der Waals surface area contributed by atoms with Crippen LogP contribution in [0.15, 0.2) is 24.3 Å². The Morgan fingerprint density at radius 1 is 1.26 bits per heavy atom. The Morgan fingerprint density at radius 2 is 2.04 bits per heavy atom. The van der Waals surface area contributed by atoms with Gasteiger partial charge >= 0.3 is 0 Å². The third-order valence-corrected chi connectivity index (χ3v) is 5.62. The van der Waals surface area contributed by atoms with Crippen molar-refractivity contribution in [3.8, 4) is 5.75 Å². The number of thiophene rings is 1. The van der Waals surface area contributed by atoms with Crippen LogP contribution in [0.3, 0.4) is 0 Å². The predicted molar refractivity (Wildman–Crippen MR) is 91.2 cm³/mol. The number of hydrogen-bond acceptors (Lipinski definition) is 5. The van der Waals surface area contributed by atoms with Crippen molar-refractivity contribution in [1.82, 2.24) is 10.2 Å². The highest BCUT2D eigenvalue weighted by atomic mass is 32.1. The van der Waals surface area contributed by atoms with Gasteiger partial charge < -0.3 is 20.3 Å². The maximum absolute atomic E-state index is 12.6. The van der Waals surface area contributed by atoms with Gasteiger partial charge in [-0.3, -0.25) is 4.79 Å². The number of nitrogens with one attached hydrogen (secondary N) is 2. The number of hydrogen-bond donors (Lipinski definition) is 2. The molecule has 6 heteroatoms. The van der Waals surface area contributed by atoms with Crippen LogP contribution < -0.4 is 15.4 Å². The van der Waals surface area contributed by atoms with Crippen LogP contribution in [0.1, 0.15) is 32.5 Å². The van der Waals surface area contributed by atoms with Gasteiger partial charge in [0.2, 0.25) is 0 Å². The van der Waals surface area contributed by atoms with Crippen LogP contribution in [-0.2, 0) is 13.0 Å². The molecule has 0 bridgehead atoms. The van der Waals surface area contributed by atoms with Gasteiger partial charge in [0.1, 0.15) is 16.9 Å². The van der Waals surface area contributed by atoms with E-state index in [2.05, 4.69) is 22.6 Å². The summed E-state index contributed by atoms with van der Waals surface area (Å²) >= 11 is 1.71. The van der Waals surface area contributed by atoms with E-state index in [1.54, 1.807) is 18.4 Å². The van der Waals surface area contributed by atoms with Gasteiger partial charge in [-0.2, -0.15) is 0 Å². The number of anilines is 1. The van der Waals surface area contributed by atoms with E-state index in [1.165, 1.54) is 10.4 Å². The zero-order chi connectivity index (χ0) is 16.0. The third-order valence-electron chi connectivity index (χ3n) is 4.47. The molecule has 1 aromatic heterocycles. The van der Waals surface area contributed by atoms with Crippen molar-refractivity contribution in [2.45, 2.75) is 19.1 Å². The summed E-state index contributed by atoms with van der Waals surface area (Å²) in [5.41, 5.74) is 3.09. The first-order valence-corrected chi connectivity index (χ1v) is 8.52. The second-order valence-corrected chi connectivity index (χ2v) is 7.12. The smallest absolute Gasteiger partial charge is 0.256 e. The summed E-state index contributed by atoms with van der Waals surface area (Å²) in [6, 6.07) is 7.77. The van der Waals surface area contributed by atoms with Crippen molar-refractivity contribution >= 4 is 22.2 Å². The molecule has 23 heavy (non-hydrogen) atoms. The first-order valence-electron chi connectivity index (χ1n) is 7.70. The molecule has 3 heterocycles. The van der Waals surface area contributed by atoms with E-state index in [1.807, 2.05) is 24.3 Å². The van der Waals surface area contributed by atoms with Crippen LogP contribution in [0, 0.1) is 0 Å². The second kappa shape index (κ2) is 5.54. The molecule has 2 aliphatic heterocycles. The summed E-state index contributed by atoms with van der Waals surface area (Å²) in [6.07, 6.45) is 0.749. The molecule has 2 aliphatic rings. The lowest BCUT2D eigenvalue weighted by Crippen LogP contribution is -2.38. The van der Waals surface area contributed by atoms with Crippen molar-refractivity contribution in [2.75, 3.05) is 26.0 Å². The van der Waals surface area contributed by atoms with Crippen molar-refractivity contribution < 1.29 is 9.53 Å². The summed E-state index contributed by atoms with van der Waals surface area (Å²) in [7, 11) is 3.77. The minimum absolute atomic E-state index is 0.0293. The van der Waals surface area contributed by atoms with Gasteiger partial charge in [0.05, 0.1) is 12.7 Å². The molecule has 0 spiro atoms. The van der Waals surface area contributed by atoms with E-state index in [4.69, 9.17) is 4.74 Å². The van der Waals surface area contributed by atoms with Crippen molar-refractivity contribution in [3.05, 3.63) is 45.8 Å². The fourth-order valence-corrected chi connectivity index (χ4v) is 4.56. The lowest BCUT2D eigenvalue weighted by molar-refractivity contribution is 0.0935. The second-order valence-electron chi connectivity index (χ2n) is 6.02. The topological polar surface area (TPSA) is 53.6 Å². The molecule has 2 aromatic rings. The molecule has 2 N–H and O–H groups in total. The number of methoxy groups -OCH3 is 1. The van der Waals surface area contributed by atoms with E-state index in [-0.39, 0.29) is 12.1 Å². The fourth-order valence-electron chi connectivity index (χ4n) is 3.21. The van der Waals surface area contributed by atoms with E-state index >= 15 is 0 Å². The van der Waals surface area contributed by atoms with Crippen LogP contribution in [0.25, 0.3) is 0 Å². The average molecular weight is 329 g/mol. The Balaban J connectivity index is 1.65. The van der Waals surface area contributed by atoms with Crippen LogP contribution in [-0.4, -0.2) is 31.5 Å². The maximum Gasteiger partial charge on any atom is 0.256 e. The average Bonchev–Trinajstić information content (AvgIpc) is 2.92. The molecule has 0 radical (unpaired) electrons. The molecule has 0 aliphatic carbocycles. The molecule has 1 atom stereocenters. The Hall–Kier alpha value is -2.05. The molecular weight excluding hydrogens is 310 g/mol. The number of benzene rings is 1. The van der Waals surface area contributed by atoms with E-state index in [0.29, 0.717) is 0 Å². The maximum atomic E-state index is 12.6. The summed E-state index contributed by atoms with van der Waals surface area (Å²) in [6.45, 7) is 1.93. The summed E-state index contributed by atoms with van der Waals surface area (Å²) < 4.78 is 5.19. The van der Waals surface area contributed by atoms with Gasteiger partial charge in [0.15, 0.2) is 0 Å². The van der Waals surface area contributed by atoms with Gasteiger partial charge in [-0.05, 0) is 36.7 Å². The summed E-state index contributed by atoms with van der Waals surface area (Å²) in [5, 5.41) is 7.55. The van der Waals surface area contributed by atoms with Gasteiger partial charge in [-0.25, -0.2) is 0 Å². The zero-order valence-corrected chi connectivity index (χ0v) is 14.0. The lowest BCUT2D eigenvalue weighted by atomic mass is 10.0. The first-order chi connectivity index (χ1) is 11.2. The van der Waals surface area contributed by atoms with Crippen molar-refractivity contribution in [2.24, 2.45) is 0 Å². The molecule has 1 amide bonds. The Bertz CT molecular complexity index is 754. The van der Waals surface area contributed by atoms with Crippen LogP contribution in [0.2, 0.25) is 0 Å². The highest BCUT2D eigenvalue weighted by Gasteiger charge is 2.32. The van der Waals surface area contributed by atoms with Gasteiger partial charge in [-0.1, -0.05) is 12.1 Å². The van der Waals surface area contributed by atoms with Crippen LogP contribution in [0.4, 0.5) is 5.00 Å². The minimum Gasteiger partial charge on any atom is -0.497 e. The number of amides is 1. The SMILES string of the molecule is COc1ccc([C@@H]2NC(=O)c3c(sc4c3CCN(C)C4)N2)cc1. The quantitative estimate of drug-likeness (QED) is 0.889. The molecular formula is C17H19N3O2S. The highest BCUT2D eigenvalue weighted by molar-refractivity contribution is 7.16.